The van der Waals surface area contributed by atoms with E-state index in [9.17, 15) is 0 Å². The molecule has 4 heteroatoms. The highest BCUT2D eigenvalue weighted by Gasteiger charge is 2.11. The number of anilines is 1. The third-order valence-electron chi connectivity index (χ3n) is 3.41. The van der Waals surface area contributed by atoms with Crippen LogP contribution < -0.4 is 5.32 Å². The number of methoxy groups -OCH3 is 1. The SMILES string of the molecule is CCCCCCC(C)n1ccnc1NC(C)COC. The molecule has 0 aliphatic heterocycles. The van der Waals surface area contributed by atoms with Crippen LogP contribution in [0.25, 0.3) is 0 Å². The highest BCUT2D eigenvalue weighted by molar-refractivity contribution is 5.28. The number of aromatic nitrogens is 2. The summed E-state index contributed by atoms with van der Waals surface area (Å²) < 4.78 is 7.38. The van der Waals surface area contributed by atoms with Crippen LogP contribution in [0.15, 0.2) is 12.4 Å². The van der Waals surface area contributed by atoms with Crippen molar-refractivity contribution in [1.82, 2.24) is 9.55 Å². The van der Waals surface area contributed by atoms with Crippen molar-refractivity contribution >= 4 is 5.95 Å². The number of nitrogens with one attached hydrogen (secondary N) is 1. The average molecular weight is 267 g/mol. The van der Waals surface area contributed by atoms with Crippen molar-refractivity contribution < 1.29 is 4.74 Å². The van der Waals surface area contributed by atoms with Gasteiger partial charge in [-0.1, -0.05) is 32.6 Å². The fourth-order valence-corrected chi connectivity index (χ4v) is 2.30. The van der Waals surface area contributed by atoms with Gasteiger partial charge in [0.1, 0.15) is 0 Å². The van der Waals surface area contributed by atoms with Crippen molar-refractivity contribution in [2.45, 2.75) is 65.0 Å². The molecule has 2 atom stereocenters. The molecule has 0 saturated heterocycles. The predicted molar refractivity (Wildman–Crippen MR) is 80.7 cm³/mol. The zero-order valence-corrected chi connectivity index (χ0v) is 12.9. The Bertz CT molecular complexity index is 338. The third kappa shape index (κ3) is 5.64. The van der Waals surface area contributed by atoms with E-state index in [1.54, 1.807) is 7.11 Å². The van der Waals surface area contributed by atoms with Crippen LogP contribution in [0.5, 0.6) is 0 Å². The molecule has 0 saturated carbocycles. The van der Waals surface area contributed by atoms with Crippen LogP contribution in [-0.4, -0.2) is 29.3 Å². The van der Waals surface area contributed by atoms with Gasteiger partial charge in [-0.25, -0.2) is 4.98 Å². The van der Waals surface area contributed by atoms with Crippen molar-refractivity contribution in [3.8, 4) is 0 Å². The molecule has 0 bridgehead atoms. The van der Waals surface area contributed by atoms with Gasteiger partial charge >= 0.3 is 0 Å². The van der Waals surface area contributed by atoms with E-state index in [2.05, 4.69) is 41.8 Å². The number of imidazole rings is 1. The number of hydrogen-bond donors (Lipinski definition) is 1. The molecule has 2 unspecified atom stereocenters. The summed E-state index contributed by atoms with van der Waals surface area (Å²) in [5.74, 6) is 0.951. The highest BCUT2D eigenvalue weighted by Crippen LogP contribution is 2.20. The lowest BCUT2D eigenvalue weighted by Crippen LogP contribution is -2.23. The summed E-state index contributed by atoms with van der Waals surface area (Å²) in [5.41, 5.74) is 0. The Morgan fingerprint density at radius 3 is 2.79 bits per heavy atom. The molecule has 19 heavy (non-hydrogen) atoms. The zero-order valence-electron chi connectivity index (χ0n) is 12.9. The first-order valence-corrected chi connectivity index (χ1v) is 7.47. The van der Waals surface area contributed by atoms with Gasteiger partial charge in [0, 0.05) is 31.6 Å². The maximum absolute atomic E-state index is 5.14. The van der Waals surface area contributed by atoms with E-state index >= 15 is 0 Å². The van der Waals surface area contributed by atoms with E-state index in [4.69, 9.17) is 4.74 Å². The molecule has 0 aliphatic rings. The second-order valence-corrected chi connectivity index (χ2v) is 5.36. The summed E-state index contributed by atoms with van der Waals surface area (Å²) >= 11 is 0. The van der Waals surface area contributed by atoms with Gasteiger partial charge in [0.2, 0.25) is 5.95 Å². The molecule has 1 rings (SSSR count). The molecular weight excluding hydrogens is 238 g/mol. The average Bonchev–Trinajstić information content (AvgIpc) is 2.83. The van der Waals surface area contributed by atoms with Crippen LogP contribution in [0, 0.1) is 0 Å². The summed E-state index contributed by atoms with van der Waals surface area (Å²) in [6.45, 7) is 7.31. The third-order valence-corrected chi connectivity index (χ3v) is 3.41. The lowest BCUT2D eigenvalue weighted by atomic mass is 10.1. The summed E-state index contributed by atoms with van der Waals surface area (Å²) in [7, 11) is 1.72. The topological polar surface area (TPSA) is 39.1 Å². The summed E-state index contributed by atoms with van der Waals surface area (Å²) in [6, 6.07) is 0.773. The normalized spacial score (nSPS) is 14.3. The monoisotopic (exact) mass is 267 g/mol. The first-order valence-electron chi connectivity index (χ1n) is 7.47. The van der Waals surface area contributed by atoms with E-state index in [0.717, 1.165) is 5.95 Å². The summed E-state index contributed by atoms with van der Waals surface area (Å²) in [5, 5.41) is 3.40. The fourth-order valence-electron chi connectivity index (χ4n) is 2.30. The predicted octanol–water partition coefficient (Wildman–Crippen LogP) is 3.86. The van der Waals surface area contributed by atoms with Crippen molar-refractivity contribution in [2.24, 2.45) is 0 Å². The number of ether oxygens (including phenoxy) is 1. The van der Waals surface area contributed by atoms with Crippen molar-refractivity contribution in [3.63, 3.8) is 0 Å². The smallest absolute Gasteiger partial charge is 0.203 e. The molecule has 0 spiro atoms. The van der Waals surface area contributed by atoms with E-state index in [1.807, 2.05) is 6.20 Å². The minimum Gasteiger partial charge on any atom is -0.383 e. The Morgan fingerprint density at radius 1 is 1.32 bits per heavy atom. The van der Waals surface area contributed by atoms with Gasteiger partial charge in [0.25, 0.3) is 0 Å². The Morgan fingerprint density at radius 2 is 2.11 bits per heavy atom. The molecule has 0 amide bonds. The fraction of sp³-hybridized carbons (Fsp3) is 0.800. The molecule has 4 nitrogen and oxygen atoms in total. The van der Waals surface area contributed by atoms with Gasteiger partial charge in [0.05, 0.1) is 6.61 Å². The Hall–Kier alpha value is -1.03. The van der Waals surface area contributed by atoms with E-state index in [-0.39, 0.29) is 6.04 Å². The minimum absolute atomic E-state index is 0.276. The van der Waals surface area contributed by atoms with Crippen LogP contribution in [0.3, 0.4) is 0 Å². The molecule has 0 fully saturated rings. The van der Waals surface area contributed by atoms with Gasteiger partial charge in [-0.15, -0.1) is 0 Å². The highest BCUT2D eigenvalue weighted by atomic mass is 16.5. The van der Waals surface area contributed by atoms with Gasteiger partial charge in [0.15, 0.2) is 0 Å². The number of unbranched alkanes of at least 4 members (excludes halogenated alkanes) is 3. The Kier molecular flexibility index (Phi) is 7.56. The zero-order chi connectivity index (χ0) is 14.1. The maximum atomic E-state index is 5.14. The second-order valence-electron chi connectivity index (χ2n) is 5.36. The quantitative estimate of drug-likeness (QED) is 0.654. The summed E-state index contributed by atoms with van der Waals surface area (Å²) in [6.07, 6.45) is 10.4. The van der Waals surface area contributed by atoms with Crippen LogP contribution in [0.4, 0.5) is 5.95 Å². The van der Waals surface area contributed by atoms with Crippen molar-refractivity contribution in [3.05, 3.63) is 12.4 Å². The van der Waals surface area contributed by atoms with Crippen LogP contribution in [0.2, 0.25) is 0 Å². The molecule has 1 aromatic rings. The standard InChI is InChI=1S/C15H29N3O/c1-5-6-7-8-9-14(3)18-11-10-16-15(18)17-13(2)12-19-4/h10-11,13-14H,5-9,12H2,1-4H3,(H,16,17). The number of rotatable bonds is 10. The van der Waals surface area contributed by atoms with Gasteiger partial charge in [-0.05, 0) is 20.3 Å². The molecule has 0 aromatic carbocycles. The molecule has 1 aromatic heterocycles. The van der Waals surface area contributed by atoms with E-state index < -0.39 is 0 Å². The molecule has 1 heterocycles. The molecular formula is C15H29N3O. The van der Waals surface area contributed by atoms with Crippen molar-refractivity contribution in [1.29, 1.82) is 0 Å². The second kappa shape index (κ2) is 8.97. The first kappa shape index (κ1) is 16.0. The van der Waals surface area contributed by atoms with Gasteiger partial charge in [-0.2, -0.15) is 0 Å². The van der Waals surface area contributed by atoms with Crippen LogP contribution in [-0.2, 0) is 4.74 Å². The molecule has 0 aliphatic carbocycles. The molecule has 110 valence electrons. The lowest BCUT2D eigenvalue weighted by Gasteiger charge is -2.19. The van der Waals surface area contributed by atoms with E-state index in [0.29, 0.717) is 12.6 Å². The van der Waals surface area contributed by atoms with Gasteiger partial charge in [-0.3, -0.25) is 0 Å². The number of hydrogen-bond acceptors (Lipinski definition) is 3. The van der Waals surface area contributed by atoms with Crippen LogP contribution >= 0.6 is 0 Å². The molecule has 0 radical (unpaired) electrons. The Labute approximate surface area is 117 Å². The van der Waals surface area contributed by atoms with Crippen LogP contribution in [0.1, 0.15) is 58.9 Å². The first-order chi connectivity index (χ1) is 9.19. The van der Waals surface area contributed by atoms with Gasteiger partial charge < -0.3 is 14.6 Å². The largest absolute Gasteiger partial charge is 0.383 e. The minimum atomic E-state index is 0.276. The Balaban J connectivity index is 2.46. The molecule has 1 N–H and O–H groups in total. The summed E-state index contributed by atoms with van der Waals surface area (Å²) in [4.78, 5) is 4.40. The van der Waals surface area contributed by atoms with E-state index in [1.165, 1.54) is 32.1 Å². The van der Waals surface area contributed by atoms with Crippen molar-refractivity contribution in [2.75, 3.05) is 19.0 Å². The number of nitrogens with zero attached hydrogens (tertiary/aromatic N) is 2. The lowest BCUT2D eigenvalue weighted by molar-refractivity contribution is 0.190. The maximum Gasteiger partial charge on any atom is 0.203 e.